The number of esters is 2. The van der Waals surface area contributed by atoms with Crippen LogP contribution in [0.3, 0.4) is 0 Å². The minimum Gasteiger partial charge on any atom is -0.465 e. The van der Waals surface area contributed by atoms with Crippen molar-refractivity contribution in [2.45, 2.75) is 39.1 Å². The van der Waals surface area contributed by atoms with Gasteiger partial charge in [0.25, 0.3) is 0 Å². The highest BCUT2D eigenvalue weighted by Crippen LogP contribution is 2.30. The molecule has 0 spiro atoms. The predicted octanol–water partition coefficient (Wildman–Crippen LogP) is 7.19. The molecule has 4 aromatic carbocycles. The SMILES string of the molecule is CCOC(=O)CN(Cc1ccccc1)C[C@H](O)c1ccc(Cl)cc1.CCOC(=O)CNCc1ccccc1.Clc1ccc([C@@H]2CO2)cc1. The number of ether oxygens (including phenoxy) is 3. The van der Waals surface area contributed by atoms with Crippen molar-refractivity contribution in [2.75, 3.05) is 39.5 Å². The summed E-state index contributed by atoms with van der Waals surface area (Å²) in [6.45, 7) is 7.21. The molecule has 0 unspecified atom stereocenters. The quantitative estimate of drug-likeness (QED) is 0.106. The first-order valence-electron chi connectivity index (χ1n) is 15.9. The molecule has 256 valence electrons. The molecule has 0 bridgehead atoms. The molecule has 1 aliphatic rings. The molecule has 1 heterocycles. The molecule has 0 aliphatic carbocycles. The number of aliphatic hydroxyl groups excluding tert-OH is 1. The summed E-state index contributed by atoms with van der Waals surface area (Å²) in [5.41, 5.74) is 4.23. The Morgan fingerprint density at radius 2 is 1.33 bits per heavy atom. The highest BCUT2D eigenvalue weighted by molar-refractivity contribution is 6.30. The van der Waals surface area contributed by atoms with E-state index in [0.717, 1.165) is 28.3 Å². The van der Waals surface area contributed by atoms with Crippen LogP contribution < -0.4 is 5.32 Å². The molecule has 2 N–H and O–H groups in total. The van der Waals surface area contributed by atoms with Gasteiger partial charge in [0.15, 0.2) is 0 Å². The monoisotopic (exact) mass is 694 g/mol. The summed E-state index contributed by atoms with van der Waals surface area (Å²) in [6, 6.07) is 34.6. The van der Waals surface area contributed by atoms with Crippen molar-refractivity contribution in [1.82, 2.24) is 10.2 Å². The zero-order valence-electron chi connectivity index (χ0n) is 27.4. The summed E-state index contributed by atoms with van der Waals surface area (Å²) >= 11 is 11.6. The van der Waals surface area contributed by atoms with E-state index in [4.69, 9.17) is 37.4 Å². The Morgan fingerprint density at radius 1 is 0.812 bits per heavy atom. The Labute approximate surface area is 293 Å². The lowest BCUT2D eigenvalue weighted by atomic mass is 10.1. The Bertz CT molecular complexity index is 1470. The topological polar surface area (TPSA) is 101 Å². The van der Waals surface area contributed by atoms with Gasteiger partial charge >= 0.3 is 11.9 Å². The number of epoxide rings is 1. The van der Waals surface area contributed by atoms with E-state index in [1.165, 1.54) is 5.56 Å². The molecule has 5 rings (SSSR count). The summed E-state index contributed by atoms with van der Waals surface area (Å²) in [5, 5.41) is 14.9. The average Bonchev–Trinajstić information content (AvgIpc) is 3.93. The van der Waals surface area contributed by atoms with Crippen molar-refractivity contribution in [1.29, 1.82) is 0 Å². The minimum absolute atomic E-state index is 0.132. The molecule has 0 saturated carbocycles. The van der Waals surface area contributed by atoms with E-state index in [0.29, 0.717) is 44.0 Å². The molecular weight excluding hydrogens is 651 g/mol. The van der Waals surface area contributed by atoms with Gasteiger partial charge in [-0.3, -0.25) is 14.5 Å². The van der Waals surface area contributed by atoms with Crippen molar-refractivity contribution in [3.63, 3.8) is 0 Å². The molecule has 0 radical (unpaired) electrons. The molecule has 1 fully saturated rings. The van der Waals surface area contributed by atoms with Crippen molar-refractivity contribution in [2.24, 2.45) is 0 Å². The molecule has 0 aromatic heterocycles. The molecule has 2 atom stereocenters. The van der Waals surface area contributed by atoms with Crippen LogP contribution in [0.2, 0.25) is 10.0 Å². The number of nitrogens with zero attached hydrogens (tertiary/aromatic N) is 1. The van der Waals surface area contributed by atoms with Gasteiger partial charge in [-0.25, -0.2) is 0 Å². The number of carbonyl (C=O) groups is 2. The zero-order chi connectivity index (χ0) is 34.6. The van der Waals surface area contributed by atoms with E-state index in [-0.39, 0.29) is 25.0 Å². The van der Waals surface area contributed by atoms with Crippen LogP contribution in [0.4, 0.5) is 0 Å². The Hall–Kier alpha value is -3.76. The van der Waals surface area contributed by atoms with Crippen molar-refractivity contribution < 1.29 is 28.9 Å². The van der Waals surface area contributed by atoms with Crippen LogP contribution in [0.1, 0.15) is 48.3 Å². The van der Waals surface area contributed by atoms with Gasteiger partial charge in [0.05, 0.1) is 39.0 Å². The summed E-state index contributed by atoms with van der Waals surface area (Å²) in [4.78, 5) is 24.7. The van der Waals surface area contributed by atoms with Crippen LogP contribution in [0.5, 0.6) is 0 Å². The summed E-state index contributed by atoms with van der Waals surface area (Å²) < 4.78 is 14.9. The van der Waals surface area contributed by atoms with Gasteiger partial charge in [-0.15, -0.1) is 0 Å². The van der Waals surface area contributed by atoms with Crippen molar-refractivity contribution in [3.8, 4) is 0 Å². The number of nitrogens with one attached hydrogen (secondary N) is 1. The Morgan fingerprint density at radius 3 is 1.88 bits per heavy atom. The van der Waals surface area contributed by atoms with Gasteiger partial charge in [0.2, 0.25) is 0 Å². The van der Waals surface area contributed by atoms with Crippen LogP contribution in [-0.2, 0) is 36.9 Å². The van der Waals surface area contributed by atoms with Crippen LogP contribution in [0, 0.1) is 0 Å². The lowest BCUT2D eigenvalue weighted by Gasteiger charge is -2.24. The van der Waals surface area contributed by atoms with Gasteiger partial charge in [0, 0.05) is 29.7 Å². The number of benzene rings is 4. The fraction of sp³-hybridized carbons (Fsp3) is 0.316. The van der Waals surface area contributed by atoms with E-state index in [9.17, 15) is 14.7 Å². The highest BCUT2D eigenvalue weighted by atomic mass is 35.5. The molecule has 1 saturated heterocycles. The molecule has 4 aromatic rings. The lowest BCUT2D eigenvalue weighted by Crippen LogP contribution is -2.34. The molecule has 8 nitrogen and oxygen atoms in total. The maximum atomic E-state index is 11.8. The summed E-state index contributed by atoms with van der Waals surface area (Å²) in [5.74, 6) is -0.500. The zero-order valence-corrected chi connectivity index (χ0v) is 28.9. The second-order valence-corrected chi connectivity index (χ2v) is 11.7. The number of rotatable bonds is 14. The number of aliphatic hydroxyl groups is 1. The molecular formula is C38H44Cl2N2O6. The molecule has 0 amide bonds. The van der Waals surface area contributed by atoms with E-state index < -0.39 is 6.10 Å². The highest BCUT2D eigenvalue weighted by Gasteiger charge is 2.24. The Kier molecular flexibility index (Phi) is 17.7. The van der Waals surface area contributed by atoms with E-state index in [1.54, 1.807) is 38.1 Å². The fourth-order valence-corrected chi connectivity index (χ4v) is 4.74. The van der Waals surface area contributed by atoms with Gasteiger partial charge < -0.3 is 24.6 Å². The molecule has 1 aliphatic heterocycles. The van der Waals surface area contributed by atoms with Gasteiger partial charge in [-0.05, 0) is 60.4 Å². The van der Waals surface area contributed by atoms with Crippen LogP contribution in [0.15, 0.2) is 109 Å². The predicted molar refractivity (Wildman–Crippen MR) is 190 cm³/mol. The first kappa shape index (κ1) is 38.7. The van der Waals surface area contributed by atoms with Crippen LogP contribution in [-0.4, -0.2) is 61.4 Å². The number of carbonyl (C=O) groups excluding carboxylic acids is 2. The summed E-state index contributed by atoms with van der Waals surface area (Å²) in [7, 11) is 0. The number of hydrogen-bond acceptors (Lipinski definition) is 8. The second-order valence-electron chi connectivity index (χ2n) is 10.8. The summed E-state index contributed by atoms with van der Waals surface area (Å²) in [6.07, 6.45) is -0.363. The van der Waals surface area contributed by atoms with E-state index in [2.05, 4.69) is 5.32 Å². The standard InChI is InChI=1S/C19H22ClNO3.C11H15NO2.C8H7ClO/c1-2-24-19(23)14-21(12-15-6-4-3-5-7-15)13-18(22)16-8-10-17(20)11-9-16;1-2-14-11(13)9-12-8-10-6-4-3-5-7-10;9-7-3-1-6(2-4-7)8-5-10-8/h3-11,18,22H,2,12-14H2,1H3;3-7,12H,2,8-9H2,1H3;1-4,8H,5H2/t18-;;8-/m0.0/s1. The largest absolute Gasteiger partial charge is 0.465 e. The van der Waals surface area contributed by atoms with E-state index >= 15 is 0 Å². The fourth-order valence-electron chi connectivity index (χ4n) is 4.49. The Balaban J connectivity index is 0.000000218. The third kappa shape index (κ3) is 15.9. The van der Waals surface area contributed by atoms with Crippen molar-refractivity contribution in [3.05, 3.63) is 141 Å². The smallest absolute Gasteiger partial charge is 0.320 e. The van der Waals surface area contributed by atoms with Gasteiger partial charge in [-0.1, -0.05) is 108 Å². The third-order valence-electron chi connectivity index (χ3n) is 6.91. The van der Waals surface area contributed by atoms with Crippen LogP contribution >= 0.6 is 23.2 Å². The number of halogens is 2. The third-order valence-corrected chi connectivity index (χ3v) is 7.42. The first-order chi connectivity index (χ1) is 23.3. The normalized spacial score (nSPS) is 13.7. The minimum atomic E-state index is -0.708. The maximum absolute atomic E-state index is 11.8. The first-order valence-corrected chi connectivity index (χ1v) is 16.7. The van der Waals surface area contributed by atoms with Gasteiger partial charge in [-0.2, -0.15) is 0 Å². The maximum Gasteiger partial charge on any atom is 0.320 e. The lowest BCUT2D eigenvalue weighted by molar-refractivity contribution is -0.145. The molecule has 10 heteroatoms. The average molecular weight is 696 g/mol. The van der Waals surface area contributed by atoms with Crippen molar-refractivity contribution >= 4 is 35.1 Å². The molecule has 48 heavy (non-hydrogen) atoms. The second kappa shape index (κ2) is 22.0. The van der Waals surface area contributed by atoms with Crippen LogP contribution in [0.25, 0.3) is 0 Å². The van der Waals surface area contributed by atoms with Gasteiger partial charge in [0.1, 0.15) is 6.10 Å². The van der Waals surface area contributed by atoms with E-state index in [1.807, 2.05) is 89.8 Å². The number of hydrogen-bond donors (Lipinski definition) is 2.